The molecule has 3 aromatic rings. The number of benzene rings is 3. The Kier molecular flexibility index (Phi) is 35.9. The SMILES string of the molecule is CN(C)c1cccc2c(S(=O)(=O)CCCNC(=O)OCCCC[Si]3(C)CCC=CCC3)cccc12.CO[N+](=O)[O-].C[Si]1(CCCCOC(=O)Oc2ccc([N+](=O)[O-])cc2)CCC=CCC1.O=[N+]([O-])O.[Ag+].[Ag].[CH3-]. The first-order chi connectivity index (χ1) is 32.7. The van der Waals surface area contributed by atoms with Gasteiger partial charge in [0.05, 0.1) is 52.0 Å². The van der Waals surface area contributed by atoms with Gasteiger partial charge in [-0.05, 0) is 69.2 Å². The van der Waals surface area contributed by atoms with Crippen molar-refractivity contribution < 1.29 is 102 Å². The van der Waals surface area contributed by atoms with Gasteiger partial charge in [0.15, 0.2) is 9.84 Å². The molecule has 72 heavy (non-hydrogen) atoms. The number of hydrogen-bond acceptors (Lipinski definition) is 15. The molecule has 20 nitrogen and oxygen atoms in total. The monoisotopic (exact) mass is 1250 g/mol. The van der Waals surface area contributed by atoms with Crippen molar-refractivity contribution in [3.05, 3.63) is 123 Å². The van der Waals surface area contributed by atoms with Crippen LogP contribution in [0.4, 0.5) is 21.0 Å². The van der Waals surface area contributed by atoms with Crippen molar-refractivity contribution in [2.24, 2.45) is 0 Å². The first-order valence-electron chi connectivity index (χ1n) is 22.9. The molecule has 0 aromatic heterocycles. The zero-order valence-electron chi connectivity index (χ0n) is 42.0. The Bertz CT molecular complexity index is 2250. The van der Waals surface area contributed by atoms with Gasteiger partial charge in [-0.25, -0.2) is 18.0 Å². The van der Waals surface area contributed by atoms with E-state index in [1.165, 1.54) is 86.2 Å². The molecule has 0 fully saturated rings. The van der Waals surface area contributed by atoms with Crippen LogP contribution in [-0.4, -0.2) is 104 Å². The number of carbonyl (C=O) groups is 2. The predicted molar refractivity (Wildman–Crippen MR) is 276 cm³/mol. The molecule has 2 aliphatic heterocycles. The molecule has 0 bridgehead atoms. The molecule has 5 rings (SSSR count). The van der Waals surface area contributed by atoms with Crippen LogP contribution in [0, 0.1) is 37.8 Å². The van der Waals surface area contributed by atoms with E-state index in [1.54, 1.807) is 12.1 Å². The van der Waals surface area contributed by atoms with Gasteiger partial charge in [-0.3, -0.25) is 10.1 Å². The fourth-order valence-electron chi connectivity index (χ4n) is 7.88. The van der Waals surface area contributed by atoms with Gasteiger partial charge in [0.2, 0.25) is 0 Å². The van der Waals surface area contributed by atoms with Gasteiger partial charge in [-0.15, -0.1) is 20.2 Å². The predicted octanol–water partition coefficient (Wildman–Crippen LogP) is 11.2. The number of non-ortho nitro benzene ring substituents is 1. The summed E-state index contributed by atoms with van der Waals surface area (Å²) in [5.74, 6) is 0.206. The van der Waals surface area contributed by atoms with Crippen LogP contribution in [0.25, 0.3) is 10.8 Å². The number of alkyl carbamates (subject to hydrolysis) is 1. The number of amides is 1. The number of allylic oxidation sites excluding steroid dienone is 4. The van der Waals surface area contributed by atoms with Crippen LogP contribution < -0.4 is 15.0 Å². The molecule has 0 saturated carbocycles. The maximum absolute atomic E-state index is 13.0. The molecule has 25 heteroatoms. The minimum Gasteiger partial charge on any atom is -0.450 e. The van der Waals surface area contributed by atoms with Crippen LogP contribution >= 0.6 is 0 Å². The van der Waals surface area contributed by atoms with Gasteiger partial charge in [0.1, 0.15) is 5.75 Å². The van der Waals surface area contributed by atoms with E-state index in [0.29, 0.717) is 24.5 Å². The molecule has 2 N–H and O–H groups in total. The van der Waals surface area contributed by atoms with E-state index in [0.717, 1.165) is 49.3 Å². The summed E-state index contributed by atoms with van der Waals surface area (Å²) in [7, 11) is -0.866. The summed E-state index contributed by atoms with van der Waals surface area (Å²) in [5, 5.41) is 36.6. The van der Waals surface area contributed by atoms with Gasteiger partial charge < -0.3 is 41.9 Å². The summed E-state index contributed by atoms with van der Waals surface area (Å²) in [4.78, 5) is 56.8. The van der Waals surface area contributed by atoms with Crippen molar-refractivity contribution >= 4 is 60.4 Å². The second kappa shape index (κ2) is 37.2. The number of rotatable bonds is 19. The third-order valence-electron chi connectivity index (χ3n) is 11.7. The molecule has 0 spiro atoms. The number of anilines is 1. The molecule has 2 heterocycles. The fraction of sp³-hybridized carbons (Fsp3) is 0.511. The molecule has 0 atom stereocenters. The number of nitro benzene ring substituents is 1. The Morgan fingerprint density at radius 3 is 1.65 bits per heavy atom. The maximum Gasteiger partial charge on any atom is 1.00 e. The summed E-state index contributed by atoms with van der Waals surface area (Å²) in [5.41, 5.74) is 0.929. The molecule has 0 saturated heterocycles. The van der Waals surface area contributed by atoms with Gasteiger partial charge in [0, 0.05) is 71.6 Å². The van der Waals surface area contributed by atoms with Crippen LogP contribution in [-0.2, 0) is 68.9 Å². The number of fused-ring (bicyclic) bond motifs is 1. The van der Waals surface area contributed by atoms with Gasteiger partial charge >= 0.3 is 34.6 Å². The first kappa shape index (κ1) is 69.5. The quantitative estimate of drug-likeness (QED) is 0.0165. The maximum atomic E-state index is 13.0. The molecule has 0 unspecified atom stereocenters. The second-order valence-corrected chi connectivity index (χ2v) is 29.8. The zero-order chi connectivity index (χ0) is 51.3. The summed E-state index contributed by atoms with van der Waals surface area (Å²) in [6.45, 7) is 6.00. The van der Waals surface area contributed by atoms with Crippen LogP contribution in [0.3, 0.4) is 0 Å². The number of nitro groups is 1. The van der Waals surface area contributed by atoms with E-state index in [-0.39, 0.29) is 75.9 Å². The number of sulfone groups is 1. The third kappa shape index (κ3) is 28.6. The van der Waals surface area contributed by atoms with Crippen molar-refractivity contribution in [2.45, 2.75) is 112 Å². The number of ether oxygens (including phenoxy) is 3. The smallest absolute Gasteiger partial charge is 0.450 e. The van der Waals surface area contributed by atoms with Gasteiger partial charge in [0.25, 0.3) is 15.9 Å². The number of nitrogens with one attached hydrogen (secondary N) is 1. The summed E-state index contributed by atoms with van der Waals surface area (Å²) < 4.78 is 41.4. The topological polar surface area (TPSA) is 270 Å². The minimum absolute atomic E-state index is 0. The molecule has 411 valence electrons. The number of nitrogens with zero attached hydrogens (tertiary/aromatic N) is 4. The molecule has 0 aliphatic carbocycles. The van der Waals surface area contributed by atoms with E-state index in [1.807, 2.05) is 43.3 Å². The zero-order valence-corrected chi connectivity index (χ0v) is 47.8. The molecular weight excluding hydrogens is 1180 g/mol. The Hall–Kier alpha value is -4.60. The first-order valence-corrected chi connectivity index (χ1v) is 30.8. The van der Waals surface area contributed by atoms with Crippen molar-refractivity contribution in [3.63, 3.8) is 0 Å². The van der Waals surface area contributed by atoms with Crippen molar-refractivity contribution in [1.29, 1.82) is 0 Å². The average molecular weight is 1250 g/mol. The van der Waals surface area contributed by atoms with Gasteiger partial charge in [-0.1, -0.05) is 111 Å². The van der Waals surface area contributed by atoms with E-state index in [2.05, 4.69) is 47.6 Å². The largest absolute Gasteiger partial charge is 1.00 e. The van der Waals surface area contributed by atoms with E-state index in [9.17, 15) is 28.1 Å². The summed E-state index contributed by atoms with van der Waals surface area (Å²) >= 11 is 0. The summed E-state index contributed by atoms with van der Waals surface area (Å²) in [6.07, 6.45) is 17.1. The van der Waals surface area contributed by atoms with E-state index < -0.39 is 53.3 Å². The number of hydrogen-bond donors (Lipinski definition) is 2. The van der Waals surface area contributed by atoms with Crippen molar-refractivity contribution in [2.75, 3.05) is 51.6 Å². The molecule has 2 aliphatic rings. The van der Waals surface area contributed by atoms with E-state index >= 15 is 0 Å². The molecule has 3 aromatic carbocycles. The third-order valence-corrected chi connectivity index (χ3v) is 22.7. The number of unbranched alkanes of at least 4 members (excludes halogenated alkanes) is 2. The average Bonchev–Trinajstić information content (AvgIpc) is 3.66. The normalized spacial score (nSPS) is 13.9. The molecular formula is C47H72Ag2N5O15SSi2. The Labute approximate surface area is 457 Å². The van der Waals surface area contributed by atoms with Gasteiger partial charge in [-0.2, -0.15) is 0 Å². The van der Waals surface area contributed by atoms with E-state index in [4.69, 9.17) is 39.6 Å². The van der Waals surface area contributed by atoms with Crippen molar-refractivity contribution in [1.82, 2.24) is 5.32 Å². The minimum atomic E-state index is -3.48. The standard InChI is InChI=1S/C27H40N2O4SSi.C18H25NO5Si.CH3NO3.CH3.2Ag.HNO3/c1-29(2)25-15-10-14-24-23(25)13-11-16-26(24)34(31,32)19-12-17-28-27(30)33-18-6-9-22-35(3)20-7-4-5-8-21-35;1-25(13-5-2-3-6-14-25)15-7-4-12-23-18(20)24-17-10-8-16(9-11-17)19(21)22;1-5-2(3)4;;;;2-1(3)4/h4-5,10-11,13-16H,6-9,12,17-22H2,1-3H3,(H,28,30);2-3,8-11H,4-7,12-15H2,1H3;1H3;1H3;;;(H,2,3,4)/q;;;-1;;+1;. The van der Waals surface area contributed by atoms with Crippen molar-refractivity contribution in [3.8, 4) is 5.75 Å². The Morgan fingerprint density at radius 1 is 0.736 bits per heavy atom. The van der Waals surface area contributed by atoms with Crippen LogP contribution in [0.1, 0.15) is 57.8 Å². The van der Waals surface area contributed by atoms with Crippen LogP contribution in [0.15, 0.2) is 89.9 Å². The second-order valence-electron chi connectivity index (χ2n) is 17.5. The molecule has 1 amide bonds. The number of carbonyl (C=O) groups excluding carboxylic acids is 2. The fourth-order valence-corrected chi connectivity index (χ4v) is 16.6. The molecule has 1 radical (unpaired) electrons. The Balaban J connectivity index is 0. The Morgan fingerprint density at radius 2 is 1.19 bits per heavy atom. The van der Waals surface area contributed by atoms with Crippen LogP contribution in [0.2, 0.25) is 49.4 Å². The van der Waals surface area contributed by atoms with Crippen LogP contribution in [0.5, 0.6) is 5.75 Å². The summed E-state index contributed by atoms with van der Waals surface area (Å²) in [6, 6.07) is 24.4.